The molecular weight excluding hydrogens is 210 g/mol. The second kappa shape index (κ2) is 6.35. The average molecular weight is 229 g/mol. The molecule has 17 heavy (non-hydrogen) atoms. The van der Waals surface area contributed by atoms with Crippen LogP contribution in [0.4, 0.5) is 0 Å². The lowest BCUT2D eigenvalue weighted by Gasteiger charge is -2.18. The number of hydrazine groups is 2. The van der Waals surface area contributed by atoms with E-state index in [2.05, 4.69) is 35.8 Å². The van der Waals surface area contributed by atoms with Gasteiger partial charge in [-0.05, 0) is 24.0 Å². The van der Waals surface area contributed by atoms with E-state index >= 15 is 0 Å². The highest BCUT2D eigenvalue weighted by Crippen LogP contribution is 2.08. The molecule has 0 unspecified atom stereocenters. The third-order valence-corrected chi connectivity index (χ3v) is 2.75. The third kappa shape index (κ3) is 4.15. The number of rotatable bonds is 5. The summed E-state index contributed by atoms with van der Waals surface area (Å²) in [5, 5.41) is 1.64. The van der Waals surface area contributed by atoms with Crippen LogP contribution in [0, 0.1) is 0 Å². The van der Waals surface area contributed by atoms with Gasteiger partial charge in [-0.1, -0.05) is 48.6 Å². The lowest BCUT2D eigenvalue weighted by molar-refractivity contribution is 0.191. The molecule has 0 spiro atoms. The topological polar surface area (TPSA) is 41.3 Å². The highest BCUT2D eigenvalue weighted by Gasteiger charge is 2.01. The predicted molar refractivity (Wildman–Crippen MR) is 70.6 cm³/mol. The van der Waals surface area contributed by atoms with Crippen LogP contribution in [-0.4, -0.2) is 11.7 Å². The fourth-order valence-electron chi connectivity index (χ4n) is 1.83. The van der Waals surface area contributed by atoms with Gasteiger partial charge in [0.25, 0.3) is 0 Å². The summed E-state index contributed by atoms with van der Waals surface area (Å²) in [4.78, 5) is 0. The van der Waals surface area contributed by atoms with Gasteiger partial charge in [0.2, 0.25) is 0 Å². The third-order valence-electron chi connectivity index (χ3n) is 2.75. The van der Waals surface area contributed by atoms with E-state index in [1.807, 2.05) is 18.2 Å². The van der Waals surface area contributed by atoms with Crippen molar-refractivity contribution in [2.45, 2.75) is 19.4 Å². The lowest BCUT2D eigenvalue weighted by Crippen LogP contribution is -2.43. The second-order valence-corrected chi connectivity index (χ2v) is 4.21. The van der Waals surface area contributed by atoms with Gasteiger partial charge in [-0.3, -0.25) is 5.84 Å². The normalized spacial score (nSPS) is 15.1. The Bertz CT molecular complexity index is 395. The smallest absolute Gasteiger partial charge is 0.0536 e. The molecule has 0 bridgehead atoms. The molecule has 0 saturated carbocycles. The Hall–Kier alpha value is -1.42. The highest BCUT2D eigenvalue weighted by molar-refractivity contribution is 5.23. The van der Waals surface area contributed by atoms with Crippen molar-refractivity contribution in [2.24, 2.45) is 5.84 Å². The molecule has 1 aromatic rings. The standard InChI is InChI=1S/C14H19N3/c15-17(12-14-9-5-2-6-10-14)16-11-13-7-3-1-4-8-13/h2-3,5-10,16H,1,4,11-12,15H2. The number of nitrogens with two attached hydrogens (primary N) is 1. The molecule has 0 aromatic heterocycles. The fourth-order valence-corrected chi connectivity index (χ4v) is 1.83. The predicted octanol–water partition coefficient (Wildman–Crippen LogP) is 2.14. The molecular formula is C14H19N3. The Balaban J connectivity index is 1.76. The van der Waals surface area contributed by atoms with Crippen LogP contribution in [0.25, 0.3) is 0 Å². The van der Waals surface area contributed by atoms with E-state index in [0.717, 1.165) is 19.4 Å². The summed E-state index contributed by atoms with van der Waals surface area (Å²) in [7, 11) is 0. The fraction of sp³-hybridized carbons (Fsp3) is 0.286. The molecule has 2 rings (SSSR count). The van der Waals surface area contributed by atoms with Crippen molar-refractivity contribution in [1.29, 1.82) is 0 Å². The number of nitrogens with one attached hydrogen (secondary N) is 1. The van der Waals surface area contributed by atoms with E-state index in [9.17, 15) is 0 Å². The first-order chi connectivity index (χ1) is 8.34. The lowest BCUT2D eigenvalue weighted by atomic mass is 10.1. The summed E-state index contributed by atoms with van der Waals surface area (Å²) < 4.78 is 0. The Morgan fingerprint density at radius 3 is 2.71 bits per heavy atom. The van der Waals surface area contributed by atoms with Gasteiger partial charge in [0, 0.05) is 6.54 Å². The summed E-state index contributed by atoms with van der Waals surface area (Å²) in [5.41, 5.74) is 5.70. The summed E-state index contributed by atoms with van der Waals surface area (Å²) in [6.07, 6.45) is 8.90. The van der Waals surface area contributed by atoms with Crippen LogP contribution in [0.2, 0.25) is 0 Å². The zero-order chi connectivity index (χ0) is 11.9. The van der Waals surface area contributed by atoms with Crippen LogP contribution in [0.1, 0.15) is 18.4 Å². The minimum Gasteiger partial charge on any atom is -0.255 e. The minimum atomic E-state index is 0.706. The minimum absolute atomic E-state index is 0.706. The van der Waals surface area contributed by atoms with E-state index in [4.69, 9.17) is 5.84 Å². The van der Waals surface area contributed by atoms with Crippen molar-refractivity contribution in [1.82, 2.24) is 10.5 Å². The molecule has 90 valence electrons. The zero-order valence-electron chi connectivity index (χ0n) is 9.97. The Kier molecular flexibility index (Phi) is 4.50. The molecule has 0 heterocycles. The Morgan fingerprint density at radius 2 is 2.00 bits per heavy atom. The van der Waals surface area contributed by atoms with E-state index < -0.39 is 0 Å². The number of hydrogen-bond donors (Lipinski definition) is 2. The first-order valence-corrected chi connectivity index (χ1v) is 6.00. The maximum Gasteiger partial charge on any atom is 0.0536 e. The van der Waals surface area contributed by atoms with Crippen molar-refractivity contribution in [3.63, 3.8) is 0 Å². The summed E-state index contributed by atoms with van der Waals surface area (Å²) >= 11 is 0. The van der Waals surface area contributed by atoms with Gasteiger partial charge in [-0.15, -0.1) is 0 Å². The van der Waals surface area contributed by atoms with Gasteiger partial charge in [0.1, 0.15) is 0 Å². The first-order valence-electron chi connectivity index (χ1n) is 6.00. The van der Waals surface area contributed by atoms with E-state index in [0.29, 0.717) is 6.54 Å². The molecule has 3 nitrogen and oxygen atoms in total. The van der Waals surface area contributed by atoms with E-state index in [1.165, 1.54) is 11.1 Å². The molecule has 0 saturated heterocycles. The summed E-state index contributed by atoms with van der Waals surface area (Å²) in [6, 6.07) is 10.2. The van der Waals surface area contributed by atoms with Crippen LogP contribution in [0.3, 0.4) is 0 Å². The molecule has 0 radical (unpaired) electrons. The number of hydrogen-bond acceptors (Lipinski definition) is 3. The van der Waals surface area contributed by atoms with Gasteiger partial charge < -0.3 is 0 Å². The molecule has 1 aromatic carbocycles. The quantitative estimate of drug-likeness (QED) is 0.600. The van der Waals surface area contributed by atoms with Gasteiger partial charge in [-0.2, -0.15) is 5.12 Å². The van der Waals surface area contributed by atoms with Crippen LogP contribution >= 0.6 is 0 Å². The molecule has 3 N–H and O–H groups in total. The second-order valence-electron chi connectivity index (χ2n) is 4.21. The van der Waals surface area contributed by atoms with Crippen molar-refractivity contribution in [3.05, 3.63) is 59.7 Å². The molecule has 0 aliphatic heterocycles. The first kappa shape index (κ1) is 12.0. The Labute approximate surface area is 103 Å². The maximum absolute atomic E-state index is 5.89. The van der Waals surface area contributed by atoms with Gasteiger partial charge >= 0.3 is 0 Å². The van der Waals surface area contributed by atoms with Crippen LogP contribution in [-0.2, 0) is 6.54 Å². The molecule has 1 aliphatic rings. The van der Waals surface area contributed by atoms with Gasteiger partial charge in [0.05, 0.1) is 6.54 Å². The van der Waals surface area contributed by atoms with Crippen molar-refractivity contribution >= 4 is 0 Å². The highest BCUT2D eigenvalue weighted by atomic mass is 15.7. The van der Waals surface area contributed by atoms with Gasteiger partial charge in [-0.25, -0.2) is 5.43 Å². The molecule has 0 atom stereocenters. The number of benzene rings is 1. The van der Waals surface area contributed by atoms with Crippen LogP contribution in [0.5, 0.6) is 0 Å². The molecule has 0 fully saturated rings. The molecule has 0 amide bonds. The average Bonchev–Trinajstić information content (AvgIpc) is 2.39. The van der Waals surface area contributed by atoms with E-state index in [1.54, 1.807) is 5.12 Å². The monoisotopic (exact) mass is 229 g/mol. The van der Waals surface area contributed by atoms with Crippen LogP contribution < -0.4 is 11.3 Å². The number of nitrogens with zero attached hydrogens (tertiary/aromatic N) is 1. The number of allylic oxidation sites excluding steroid dienone is 2. The Morgan fingerprint density at radius 1 is 1.18 bits per heavy atom. The van der Waals surface area contributed by atoms with Crippen LogP contribution in [0.15, 0.2) is 54.1 Å². The SMILES string of the molecule is NN(Cc1ccccc1)NCC1=CCCC=C1. The summed E-state index contributed by atoms with van der Waals surface area (Å²) in [5.74, 6) is 5.89. The largest absolute Gasteiger partial charge is 0.255 e. The molecule has 1 aliphatic carbocycles. The summed E-state index contributed by atoms with van der Waals surface area (Å²) in [6.45, 7) is 1.50. The van der Waals surface area contributed by atoms with Gasteiger partial charge in [0.15, 0.2) is 0 Å². The van der Waals surface area contributed by atoms with Crippen molar-refractivity contribution < 1.29 is 0 Å². The van der Waals surface area contributed by atoms with Crippen molar-refractivity contribution in [3.8, 4) is 0 Å². The van der Waals surface area contributed by atoms with E-state index in [-0.39, 0.29) is 0 Å². The van der Waals surface area contributed by atoms with Crippen molar-refractivity contribution in [2.75, 3.05) is 6.54 Å². The maximum atomic E-state index is 5.89. The molecule has 3 heteroatoms. The zero-order valence-corrected chi connectivity index (χ0v) is 9.97.